The summed E-state index contributed by atoms with van der Waals surface area (Å²) in [5, 5.41) is 18.0. The van der Waals surface area contributed by atoms with E-state index in [1.807, 2.05) is 0 Å². The Hall–Kier alpha value is -0.900. The van der Waals surface area contributed by atoms with Crippen molar-refractivity contribution in [2.75, 3.05) is 0 Å². The van der Waals surface area contributed by atoms with Gasteiger partial charge in [0, 0.05) is 12.0 Å². The van der Waals surface area contributed by atoms with E-state index < -0.39 is 0 Å². The van der Waals surface area contributed by atoms with Crippen molar-refractivity contribution in [1.29, 1.82) is 0 Å². The number of aliphatic hydroxyl groups is 1. The smallest absolute Gasteiger partial charge is 0.159 e. The summed E-state index contributed by atoms with van der Waals surface area (Å²) in [4.78, 5) is 0. The van der Waals surface area contributed by atoms with E-state index >= 15 is 0 Å². The summed E-state index contributed by atoms with van der Waals surface area (Å²) in [5.74, 6) is 6.22. The molecule has 4 heteroatoms. The van der Waals surface area contributed by atoms with Crippen LogP contribution in [-0.2, 0) is 6.61 Å². The third kappa shape index (κ3) is 1.25. The molecule has 4 rings (SSSR count). The second kappa shape index (κ2) is 3.56. The van der Waals surface area contributed by atoms with Gasteiger partial charge in [0.05, 0.1) is 0 Å². The van der Waals surface area contributed by atoms with Crippen LogP contribution in [0.2, 0.25) is 0 Å². The van der Waals surface area contributed by atoms with Gasteiger partial charge in [0.25, 0.3) is 0 Å². The van der Waals surface area contributed by atoms with E-state index in [-0.39, 0.29) is 6.61 Å². The second-order valence-electron chi connectivity index (χ2n) is 6.61. The molecule has 1 aromatic rings. The fourth-order valence-electron chi connectivity index (χ4n) is 4.91. The first-order valence-electron chi connectivity index (χ1n) is 7.27. The van der Waals surface area contributed by atoms with Crippen LogP contribution in [0.3, 0.4) is 0 Å². The average Bonchev–Trinajstić information content (AvgIpc) is 2.74. The summed E-state index contributed by atoms with van der Waals surface area (Å²) < 4.78 is 2.17. The SMILES string of the molecule is CC(C)n1c(CO)nnc1C1C2C3CCC(C3)C12. The summed E-state index contributed by atoms with van der Waals surface area (Å²) >= 11 is 0. The number of hydrogen-bond acceptors (Lipinski definition) is 3. The van der Waals surface area contributed by atoms with E-state index in [4.69, 9.17) is 0 Å². The van der Waals surface area contributed by atoms with Crippen molar-refractivity contribution < 1.29 is 5.11 Å². The van der Waals surface area contributed by atoms with Crippen molar-refractivity contribution in [3.05, 3.63) is 11.6 Å². The predicted molar refractivity (Wildman–Crippen MR) is 66.9 cm³/mol. The van der Waals surface area contributed by atoms with Gasteiger partial charge in [0.2, 0.25) is 0 Å². The molecule has 0 radical (unpaired) electrons. The maximum atomic E-state index is 9.38. The van der Waals surface area contributed by atoms with Crippen LogP contribution in [0, 0.1) is 23.7 Å². The van der Waals surface area contributed by atoms with Crippen LogP contribution in [0.5, 0.6) is 0 Å². The molecular formula is C14H21N3O. The summed E-state index contributed by atoms with van der Waals surface area (Å²) in [6, 6.07) is 0.344. The summed E-state index contributed by atoms with van der Waals surface area (Å²) in [6.07, 6.45) is 4.34. The van der Waals surface area contributed by atoms with Gasteiger partial charge < -0.3 is 9.67 Å². The lowest BCUT2D eigenvalue weighted by molar-refractivity contribution is 0.261. The summed E-state index contributed by atoms with van der Waals surface area (Å²) in [5.41, 5.74) is 0. The molecule has 1 aromatic heterocycles. The van der Waals surface area contributed by atoms with E-state index in [0.717, 1.165) is 35.3 Å². The van der Waals surface area contributed by atoms with Gasteiger partial charge in [-0.25, -0.2) is 0 Å². The minimum atomic E-state index is 0.0000898. The van der Waals surface area contributed by atoms with Crippen LogP contribution in [0.25, 0.3) is 0 Å². The molecule has 4 unspecified atom stereocenters. The molecule has 0 aliphatic heterocycles. The van der Waals surface area contributed by atoms with Gasteiger partial charge in [-0.2, -0.15) is 0 Å². The van der Waals surface area contributed by atoms with Gasteiger partial charge in [0.1, 0.15) is 12.4 Å². The van der Waals surface area contributed by atoms with E-state index in [0.29, 0.717) is 12.0 Å². The molecule has 98 valence electrons. The summed E-state index contributed by atoms with van der Waals surface area (Å²) in [6.45, 7) is 4.30. The number of aliphatic hydroxyl groups excluding tert-OH is 1. The van der Waals surface area contributed by atoms with Crippen LogP contribution in [-0.4, -0.2) is 19.9 Å². The Morgan fingerprint density at radius 3 is 2.44 bits per heavy atom. The van der Waals surface area contributed by atoms with Crippen LogP contribution < -0.4 is 0 Å². The maximum Gasteiger partial charge on any atom is 0.159 e. The quantitative estimate of drug-likeness (QED) is 0.890. The molecule has 3 fully saturated rings. The zero-order chi connectivity index (χ0) is 12.4. The topological polar surface area (TPSA) is 50.9 Å². The second-order valence-corrected chi connectivity index (χ2v) is 6.61. The third-order valence-corrected chi connectivity index (χ3v) is 5.48. The fourth-order valence-corrected chi connectivity index (χ4v) is 4.91. The van der Waals surface area contributed by atoms with Crippen molar-refractivity contribution in [2.24, 2.45) is 23.7 Å². The lowest BCUT2D eigenvalue weighted by atomic mass is 10.0. The Kier molecular flexibility index (Phi) is 2.17. The molecule has 4 atom stereocenters. The lowest BCUT2D eigenvalue weighted by Crippen LogP contribution is -2.12. The molecule has 0 saturated heterocycles. The highest BCUT2D eigenvalue weighted by molar-refractivity contribution is 5.25. The van der Waals surface area contributed by atoms with E-state index in [2.05, 4.69) is 28.6 Å². The first kappa shape index (κ1) is 11.0. The monoisotopic (exact) mass is 247 g/mol. The zero-order valence-corrected chi connectivity index (χ0v) is 11.1. The molecule has 3 aliphatic carbocycles. The van der Waals surface area contributed by atoms with Gasteiger partial charge in [-0.05, 0) is 56.8 Å². The molecule has 0 amide bonds. The molecule has 18 heavy (non-hydrogen) atoms. The van der Waals surface area contributed by atoms with Crippen molar-refractivity contribution >= 4 is 0 Å². The standard InChI is InChI=1S/C14H21N3O/c1-7(2)17-10(6-18)15-16-14(17)13-11-8-3-4-9(5-8)12(11)13/h7-9,11-13,18H,3-6H2,1-2H3. The Morgan fingerprint density at radius 1 is 1.22 bits per heavy atom. The Balaban J connectivity index is 1.69. The molecule has 3 saturated carbocycles. The Morgan fingerprint density at radius 2 is 1.89 bits per heavy atom. The molecule has 1 N–H and O–H groups in total. The number of hydrogen-bond donors (Lipinski definition) is 1. The Labute approximate surface area is 107 Å². The molecule has 0 spiro atoms. The molecule has 1 heterocycles. The molecular weight excluding hydrogens is 226 g/mol. The number of aromatic nitrogens is 3. The number of fused-ring (bicyclic) bond motifs is 5. The molecule has 3 aliphatic rings. The number of nitrogens with zero attached hydrogens (tertiary/aromatic N) is 3. The van der Waals surface area contributed by atoms with Crippen molar-refractivity contribution in [1.82, 2.24) is 14.8 Å². The highest BCUT2D eigenvalue weighted by Crippen LogP contribution is 2.72. The highest BCUT2D eigenvalue weighted by atomic mass is 16.3. The van der Waals surface area contributed by atoms with E-state index in [9.17, 15) is 5.11 Å². The fraction of sp³-hybridized carbons (Fsp3) is 0.857. The van der Waals surface area contributed by atoms with Crippen molar-refractivity contribution in [3.8, 4) is 0 Å². The normalized spacial score (nSPS) is 40.6. The van der Waals surface area contributed by atoms with E-state index in [1.54, 1.807) is 0 Å². The minimum absolute atomic E-state index is 0.0000898. The van der Waals surface area contributed by atoms with Crippen LogP contribution >= 0.6 is 0 Å². The van der Waals surface area contributed by atoms with Crippen molar-refractivity contribution in [3.63, 3.8) is 0 Å². The van der Waals surface area contributed by atoms with Crippen LogP contribution in [0.15, 0.2) is 0 Å². The number of rotatable bonds is 3. The Bertz CT molecular complexity index is 465. The van der Waals surface area contributed by atoms with E-state index in [1.165, 1.54) is 19.3 Å². The molecule has 4 nitrogen and oxygen atoms in total. The highest BCUT2D eigenvalue weighted by Gasteiger charge is 2.66. The van der Waals surface area contributed by atoms with Gasteiger partial charge in [-0.3, -0.25) is 0 Å². The predicted octanol–water partition coefficient (Wildman–Crippen LogP) is 2.11. The largest absolute Gasteiger partial charge is 0.388 e. The molecule has 2 bridgehead atoms. The van der Waals surface area contributed by atoms with Gasteiger partial charge in [-0.1, -0.05) is 0 Å². The van der Waals surface area contributed by atoms with Gasteiger partial charge in [-0.15, -0.1) is 10.2 Å². The summed E-state index contributed by atoms with van der Waals surface area (Å²) in [7, 11) is 0. The third-order valence-electron chi connectivity index (χ3n) is 5.48. The van der Waals surface area contributed by atoms with Crippen molar-refractivity contribution in [2.45, 2.75) is 51.7 Å². The first-order valence-corrected chi connectivity index (χ1v) is 7.27. The first-order chi connectivity index (χ1) is 8.72. The van der Waals surface area contributed by atoms with Crippen LogP contribution in [0.4, 0.5) is 0 Å². The molecule has 0 aromatic carbocycles. The average molecular weight is 247 g/mol. The van der Waals surface area contributed by atoms with Gasteiger partial charge in [0.15, 0.2) is 5.82 Å². The minimum Gasteiger partial charge on any atom is -0.388 e. The maximum absolute atomic E-state index is 9.38. The van der Waals surface area contributed by atoms with Crippen LogP contribution in [0.1, 0.15) is 56.7 Å². The van der Waals surface area contributed by atoms with Gasteiger partial charge >= 0.3 is 0 Å². The zero-order valence-electron chi connectivity index (χ0n) is 11.1. The lowest BCUT2D eigenvalue weighted by Gasteiger charge is -2.15.